The number of alkyl halides is 6. The van der Waals surface area contributed by atoms with E-state index >= 15 is 0 Å². The van der Waals surface area contributed by atoms with Crippen LogP contribution in [0.3, 0.4) is 0 Å². The summed E-state index contributed by atoms with van der Waals surface area (Å²) in [6, 6.07) is 8.85. The van der Waals surface area contributed by atoms with Crippen LogP contribution in [-0.4, -0.2) is 13.4 Å². The standard InChI is InChI=1S/C19H11ClF6N2O3S/c20-16-9-12(19(24,25)26)10-27-17(16)31-14-6-4-13(5-7-14)28-32(29,30)15-3-1-2-11(8-15)18(21,22)23/h1-10,28H. The molecule has 0 atom stereocenters. The summed E-state index contributed by atoms with van der Waals surface area (Å²) < 4.78 is 109. The van der Waals surface area contributed by atoms with Crippen molar-refractivity contribution >= 4 is 27.3 Å². The van der Waals surface area contributed by atoms with Crippen molar-refractivity contribution < 1.29 is 39.5 Å². The molecule has 32 heavy (non-hydrogen) atoms. The Kier molecular flexibility index (Phi) is 6.29. The number of hydrogen-bond acceptors (Lipinski definition) is 4. The number of nitrogens with one attached hydrogen (secondary N) is 1. The SMILES string of the molecule is O=S(=O)(Nc1ccc(Oc2ncc(C(F)(F)F)cc2Cl)cc1)c1cccc(C(F)(F)F)c1. The highest BCUT2D eigenvalue weighted by Crippen LogP contribution is 2.35. The number of ether oxygens (including phenoxy) is 1. The van der Waals surface area contributed by atoms with Gasteiger partial charge in [0.15, 0.2) is 0 Å². The quantitative estimate of drug-likeness (QED) is 0.417. The van der Waals surface area contributed by atoms with Crippen LogP contribution in [-0.2, 0) is 22.4 Å². The molecular formula is C19H11ClF6N2O3S. The molecule has 0 aliphatic rings. The lowest BCUT2D eigenvalue weighted by molar-refractivity contribution is -0.138. The lowest BCUT2D eigenvalue weighted by Gasteiger charge is -2.12. The average Bonchev–Trinajstić information content (AvgIpc) is 2.69. The number of nitrogens with zero attached hydrogens (tertiary/aromatic N) is 1. The Morgan fingerprint density at radius 3 is 2.06 bits per heavy atom. The highest BCUT2D eigenvalue weighted by molar-refractivity contribution is 7.92. The second-order valence-electron chi connectivity index (χ2n) is 6.27. The molecule has 0 radical (unpaired) electrons. The van der Waals surface area contributed by atoms with Gasteiger partial charge in [0.1, 0.15) is 10.8 Å². The van der Waals surface area contributed by atoms with Crippen LogP contribution in [0, 0.1) is 0 Å². The van der Waals surface area contributed by atoms with E-state index in [2.05, 4.69) is 9.71 Å². The first-order valence-corrected chi connectivity index (χ1v) is 10.3. The van der Waals surface area contributed by atoms with Gasteiger partial charge in [0.05, 0.1) is 16.0 Å². The maximum absolute atomic E-state index is 12.8. The molecule has 2 aromatic carbocycles. The van der Waals surface area contributed by atoms with Gasteiger partial charge in [-0.2, -0.15) is 26.3 Å². The molecule has 3 aromatic rings. The summed E-state index contributed by atoms with van der Waals surface area (Å²) >= 11 is 5.76. The Bertz CT molecular complexity index is 1230. The molecule has 13 heteroatoms. The predicted octanol–water partition coefficient (Wildman–Crippen LogP) is 6.37. The van der Waals surface area contributed by atoms with Crippen LogP contribution in [0.1, 0.15) is 11.1 Å². The number of pyridine rings is 1. The van der Waals surface area contributed by atoms with Crippen LogP contribution < -0.4 is 9.46 Å². The number of hydrogen-bond donors (Lipinski definition) is 1. The van der Waals surface area contributed by atoms with Gasteiger partial charge in [-0.25, -0.2) is 13.4 Å². The van der Waals surface area contributed by atoms with E-state index < -0.39 is 43.4 Å². The van der Waals surface area contributed by atoms with E-state index in [1.54, 1.807) is 0 Å². The van der Waals surface area contributed by atoms with Crippen molar-refractivity contribution in [2.45, 2.75) is 17.2 Å². The smallest absolute Gasteiger partial charge is 0.417 e. The minimum Gasteiger partial charge on any atom is -0.438 e. The van der Waals surface area contributed by atoms with E-state index in [9.17, 15) is 34.8 Å². The minimum atomic E-state index is -4.71. The van der Waals surface area contributed by atoms with Gasteiger partial charge >= 0.3 is 12.4 Å². The maximum Gasteiger partial charge on any atom is 0.417 e. The van der Waals surface area contributed by atoms with E-state index in [0.29, 0.717) is 18.3 Å². The van der Waals surface area contributed by atoms with E-state index in [4.69, 9.17) is 16.3 Å². The second kappa shape index (κ2) is 8.51. The first-order chi connectivity index (χ1) is 14.8. The molecule has 1 aromatic heterocycles. The van der Waals surface area contributed by atoms with Crippen LogP contribution in [0.4, 0.5) is 32.0 Å². The molecule has 1 heterocycles. The van der Waals surface area contributed by atoms with Crippen molar-refractivity contribution in [3.05, 3.63) is 76.9 Å². The fourth-order valence-electron chi connectivity index (χ4n) is 2.41. The van der Waals surface area contributed by atoms with Crippen LogP contribution in [0.2, 0.25) is 5.02 Å². The maximum atomic E-state index is 12.8. The second-order valence-corrected chi connectivity index (χ2v) is 8.36. The van der Waals surface area contributed by atoms with Gasteiger partial charge in [-0.05, 0) is 48.5 Å². The third-order valence-electron chi connectivity index (χ3n) is 3.93. The first kappa shape index (κ1) is 23.7. The molecule has 3 rings (SSSR count). The number of sulfonamides is 1. The van der Waals surface area contributed by atoms with Gasteiger partial charge in [-0.1, -0.05) is 17.7 Å². The molecule has 0 aliphatic carbocycles. The molecule has 0 fully saturated rings. The Hall–Kier alpha value is -2.99. The van der Waals surface area contributed by atoms with Crippen LogP contribution in [0.5, 0.6) is 11.6 Å². The molecule has 0 aliphatic heterocycles. The molecular weight excluding hydrogens is 486 g/mol. The Labute approximate surface area is 182 Å². The molecule has 0 saturated carbocycles. The van der Waals surface area contributed by atoms with Gasteiger partial charge in [-0.15, -0.1) is 0 Å². The normalized spacial score (nSPS) is 12.5. The minimum absolute atomic E-state index is 0.00115. The Morgan fingerprint density at radius 1 is 0.875 bits per heavy atom. The number of aromatic nitrogens is 1. The summed E-state index contributed by atoms with van der Waals surface area (Å²) in [7, 11) is -4.32. The monoisotopic (exact) mass is 496 g/mol. The largest absolute Gasteiger partial charge is 0.438 e. The molecule has 170 valence electrons. The fourth-order valence-corrected chi connectivity index (χ4v) is 3.72. The third-order valence-corrected chi connectivity index (χ3v) is 5.58. The molecule has 0 spiro atoms. The van der Waals surface area contributed by atoms with Crippen LogP contribution in [0.15, 0.2) is 65.7 Å². The number of anilines is 1. The summed E-state index contributed by atoms with van der Waals surface area (Å²) in [6.45, 7) is 0. The summed E-state index contributed by atoms with van der Waals surface area (Å²) in [5.41, 5.74) is -2.18. The number of rotatable bonds is 5. The van der Waals surface area contributed by atoms with Crippen molar-refractivity contribution in [1.29, 1.82) is 0 Å². The number of benzene rings is 2. The first-order valence-electron chi connectivity index (χ1n) is 8.46. The van der Waals surface area contributed by atoms with E-state index in [1.165, 1.54) is 24.3 Å². The van der Waals surface area contributed by atoms with Crippen molar-refractivity contribution in [1.82, 2.24) is 4.98 Å². The summed E-state index contributed by atoms with van der Waals surface area (Å²) in [6.07, 6.45) is -8.80. The lowest BCUT2D eigenvalue weighted by Crippen LogP contribution is -2.14. The lowest BCUT2D eigenvalue weighted by atomic mass is 10.2. The molecule has 1 N–H and O–H groups in total. The van der Waals surface area contributed by atoms with Gasteiger partial charge in [0, 0.05) is 11.9 Å². The van der Waals surface area contributed by atoms with E-state index in [0.717, 1.165) is 18.2 Å². The Balaban J connectivity index is 1.75. The highest BCUT2D eigenvalue weighted by atomic mass is 35.5. The summed E-state index contributed by atoms with van der Waals surface area (Å²) in [4.78, 5) is 2.92. The predicted molar refractivity (Wildman–Crippen MR) is 103 cm³/mol. The van der Waals surface area contributed by atoms with Crippen molar-refractivity contribution in [2.24, 2.45) is 0 Å². The molecule has 5 nitrogen and oxygen atoms in total. The molecule has 0 saturated heterocycles. The van der Waals surface area contributed by atoms with Gasteiger partial charge in [-0.3, -0.25) is 4.72 Å². The average molecular weight is 497 g/mol. The molecule has 0 amide bonds. The third kappa shape index (κ3) is 5.62. The van der Waals surface area contributed by atoms with Gasteiger partial charge < -0.3 is 4.74 Å². The van der Waals surface area contributed by atoms with Gasteiger partial charge in [0.25, 0.3) is 10.0 Å². The Morgan fingerprint density at radius 2 is 1.50 bits per heavy atom. The van der Waals surface area contributed by atoms with Crippen LogP contribution >= 0.6 is 11.6 Å². The fraction of sp³-hybridized carbons (Fsp3) is 0.105. The summed E-state index contributed by atoms with van der Waals surface area (Å²) in [5.74, 6) is -0.238. The van der Waals surface area contributed by atoms with Crippen molar-refractivity contribution in [2.75, 3.05) is 4.72 Å². The van der Waals surface area contributed by atoms with E-state index in [-0.39, 0.29) is 17.3 Å². The van der Waals surface area contributed by atoms with Gasteiger partial charge in [0.2, 0.25) is 5.88 Å². The zero-order valence-corrected chi connectivity index (χ0v) is 17.1. The summed E-state index contributed by atoms with van der Waals surface area (Å²) in [5, 5.41) is -0.394. The topological polar surface area (TPSA) is 68.3 Å². The van der Waals surface area contributed by atoms with Crippen LogP contribution in [0.25, 0.3) is 0 Å². The van der Waals surface area contributed by atoms with Crippen molar-refractivity contribution in [3.8, 4) is 11.6 Å². The molecule has 0 unspecified atom stereocenters. The highest BCUT2D eigenvalue weighted by Gasteiger charge is 2.32. The number of halogens is 7. The van der Waals surface area contributed by atoms with E-state index in [1.807, 2.05) is 0 Å². The zero-order valence-electron chi connectivity index (χ0n) is 15.5. The van der Waals surface area contributed by atoms with Crippen molar-refractivity contribution in [3.63, 3.8) is 0 Å². The molecule has 0 bridgehead atoms. The zero-order chi connectivity index (χ0) is 23.7.